The molecule has 1 amide bonds. The molecule has 1 aliphatic rings. The first-order valence-corrected chi connectivity index (χ1v) is 5.30. The molecule has 0 aromatic carbocycles. The number of carbonyl (C=O) groups excluding carboxylic acids is 1. The number of piperidine rings is 1. The van der Waals surface area contributed by atoms with Crippen LogP contribution in [0, 0.1) is 5.92 Å². The van der Waals surface area contributed by atoms with E-state index in [0.717, 1.165) is 19.4 Å². The van der Waals surface area contributed by atoms with Crippen LogP contribution in [-0.2, 0) is 4.79 Å². The summed E-state index contributed by atoms with van der Waals surface area (Å²) >= 11 is 0. The summed E-state index contributed by atoms with van der Waals surface area (Å²) in [5, 5.41) is 15.0. The number of aliphatic hydroxyl groups excluding tert-OH is 1. The molecule has 0 spiro atoms. The van der Waals surface area contributed by atoms with E-state index in [1.165, 1.54) is 0 Å². The average Bonchev–Trinajstić information content (AvgIpc) is 2.15. The highest BCUT2D eigenvalue weighted by Crippen LogP contribution is 2.15. The Hall–Kier alpha value is -0.610. The van der Waals surface area contributed by atoms with Gasteiger partial charge in [0, 0.05) is 6.54 Å². The third kappa shape index (κ3) is 3.27. The van der Waals surface area contributed by atoms with Crippen molar-refractivity contribution in [1.82, 2.24) is 10.6 Å². The van der Waals surface area contributed by atoms with Gasteiger partial charge >= 0.3 is 0 Å². The van der Waals surface area contributed by atoms with Crippen LogP contribution in [-0.4, -0.2) is 36.2 Å². The minimum absolute atomic E-state index is 0.0121. The summed E-state index contributed by atoms with van der Waals surface area (Å²) in [5.41, 5.74) is 0. The molecule has 4 heteroatoms. The molecule has 3 atom stereocenters. The minimum Gasteiger partial charge on any atom is -0.392 e. The average molecular weight is 200 g/mol. The van der Waals surface area contributed by atoms with Crippen LogP contribution in [0.4, 0.5) is 0 Å². The zero-order chi connectivity index (χ0) is 10.6. The van der Waals surface area contributed by atoms with Gasteiger partial charge in [0.25, 0.3) is 0 Å². The smallest absolute Gasteiger partial charge is 0.237 e. The Morgan fingerprint density at radius 1 is 1.71 bits per heavy atom. The van der Waals surface area contributed by atoms with Crippen molar-refractivity contribution >= 4 is 5.91 Å². The van der Waals surface area contributed by atoms with Gasteiger partial charge in [-0.15, -0.1) is 0 Å². The first-order chi connectivity index (χ1) is 6.61. The second-order valence-corrected chi connectivity index (χ2v) is 4.15. The molecule has 0 saturated carbocycles. The zero-order valence-corrected chi connectivity index (χ0v) is 8.92. The number of amides is 1. The van der Waals surface area contributed by atoms with Gasteiger partial charge in [-0.2, -0.15) is 0 Å². The fraction of sp³-hybridized carbons (Fsp3) is 0.900. The monoisotopic (exact) mass is 200 g/mol. The number of carbonyl (C=O) groups is 1. The van der Waals surface area contributed by atoms with Crippen molar-refractivity contribution in [1.29, 1.82) is 0 Å². The molecule has 0 bridgehead atoms. The Morgan fingerprint density at radius 3 is 3.00 bits per heavy atom. The molecule has 0 aromatic rings. The van der Waals surface area contributed by atoms with E-state index in [1.54, 1.807) is 6.92 Å². The van der Waals surface area contributed by atoms with Crippen LogP contribution in [0.2, 0.25) is 0 Å². The van der Waals surface area contributed by atoms with Gasteiger partial charge < -0.3 is 15.7 Å². The summed E-state index contributed by atoms with van der Waals surface area (Å²) in [6, 6.07) is -0.0810. The second kappa shape index (κ2) is 5.32. The van der Waals surface area contributed by atoms with E-state index in [9.17, 15) is 4.79 Å². The van der Waals surface area contributed by atoms with Crippen molar-refractivity contribution < 1.29 is 9.90 Å². The molecular weight excluding hydrogens is 180 g/mol. The highest BCUT2D eigenvalue weighted by Gasteiger charge is 2.26. The van der Waals surface area contributed by atoms with Gasteiger partial charge in [0.05, 0.1) is 12.1 Å². The summed E-state index contributed by atoms with van der Waals surface area (Å²) < 4.78 is 0. The molecule has 1 heterocycles. The largest absolute Gasteiger partial charge is 0.392 e. The van der Waals surface area contributed by atoms with E-state index >= 15 is 0 Å². The molecule has 1 aliphatic heterocycles. The number of hydrogen-bond donors (Lipinski definition) is 3. The predicted molar refractivity (Wildman–Crippen MR) is 54.9 cm³/mol. The van der Waals surface area contributed by atoms with Gasteiger partial charge in [0.1, 0.15) is 0 Å². The van der Waals surface area contributed by atoms with Crippen molar-refractivity contribution in [3.63, 3.8) is 0 Å². The summed E-state index contributed by atoms with van der Waals surface area (Å²) in [7, 11) is 0. The molecule has 1 fully saturated rings. The van der Waals surface area contributed by atoms with Crippen LogP contribution >= 0.6 is 0 Å². The predicted octanol–water partition coefficient (Wildman–Crippen LogP) is -0.128. The summed E-state index contributed by atoms with van der Waals surface area (Å²) in [5.74, 6) is 0.399. The molecule has 82 valence electrons. The summed E-state index contributed by atoms with van der Waals surface area (Å²) in [4.78, 5) is 11.6. The van der Waals surface area contributed by atoms with Gasteiger partial charge in [-0.3, -0.25) is 4.79 Å². The standard InChI is InChI=1S/C10H20N2O2/c1-7-4-3-5-11-9(7)10(14)12-6-8(2)13/h7-9,11,13H,3-6H2,1-2H3,(H,12,14)/t7?,8-,9?/m1/s1. The van der Waals surface area contributed by atoms with E-state index in [0.29, 0.717) is 12.5 Å². The van der Waals surface area contributed by atoms with Crippen LogP contribution in [0.5, 0.6) is 0 Å². The fourth-order valence-corrected chi connectivity index (χ4v) is 1.76. The maximum Gasteiger partial charge on any atom is 0.237 e. The minimum atomic E-state index is -0.474. The number of aliphatic hydroxyl groups is 1. The van der Waals surface area contributed by atoms with Crippen LogP contribution in [0.15, 0.2) is 0 Å². The topological polar surface area (TPSA) is 61.4 Å². The highest BCUT2D eigenvalue weighted by atomic mass is 16.3. The van der Waals surface area contributed by atoms with Crippen molar-refractivity contribution in [2.45, 2.75) is 38.8 Å². The molecular formula is C10H20N2O2. The highest BCUT2D eigenvalue weighted by molar-refractivity contribution is 5.82. The lowest BCUT2D eigenvalue weighted by atomic mass is 9.92. The van der Waals surface area contributed by atoms with Gasteiger partial charge in [-0.25, -0.2) is 0 Å². The van der Waals surface area contributed by atoms with E-state index in [2.05, 4.69) is 17.6 Å². The number of rotatable bonds is 3. The quantitative estimate of drug-likeness (QED) is 0.595. The third-order valence-corrected chi connectivity index (χ3v) is 2.62. The lowest BCUT2D eigenvalue weighted by molar-refractivity contribution is -0.125. The molecule has 2 unspecified atom stereocenters. The van der Waals surface area contributed by atoms with Crippen LogP contribution in [0.1, 0.15) is 26.7 Å². The van der Waals surface area contributed by atoms with Crippen LogP contribution < -0.4 is 10.6 Å². The number of nitrogens with one attached hydrogen (secondary N) is 2. The first kappa shape index (κ1) is 11.5. The van der Waals surface area contributed by atoms with Crippen molar-refractivity contribution in [2.75, 3.05) is 13.1 Å². The van der Waals surface area contributed by atoms with Crippen molar-refractivity contribution in [2.24, 2.45) is 5.92 Å². The lowest BCUT2D eigenvalue weighted by Gasteiger charge is -2.29. The Kier molecular flexibility index (Phi) is 4.35. The molecule has 0 aromatic heterocycles. The molecule has 4 nitrogen and oxygen atoms in total. The first-order valence-electron chi connectivity index (χ1n) is 5.30. The summed E-state index contributed by atoms with van der Waals surface area (Å²) in [6.45, 7) is 5.00. The van der Waals surface area contributed by atoms with Gasteiger partial charge in [-0.1, -0.05) is 6.92 Å². The van der Waals surface area contributed by atoms with Crippen LogP contribution in [0.25, 0.3) is 0 Å². The Morgan fingerprint density at radius 2 is 2.43 bits per heavy atom. The van der Waals surface area contributed by atoms with Gasteiger partial charge in [0.15, 0.2) is 0 Å². The number of hydrogen-bond acceptors (Lipinski definition) is 3. The fourth-order valence-electron chi connectivity index (χ4n) is 1.76. The van der Waals surface area contributed by atoms with E-state index in [4.69, 9.17) is 5.11 Å². The Balaban J connectivity index is 2.34. The Bertz CT molecular complexity index is 195. The Labute approximate surface area is 85.1 Å². The molecule has 14 heavy (non-hydrogen) atoms. The van der Waals surface area contributed by atoms with Crippen molar-refractivity contribution in [3.05, 3.63) is 0 Å². The summed E-state index contributed by atoms with van der Waals surface area (Å²) in [6.07, 6.45) is 1.76. The third-order valence-electron chi connectivity index (χ3n) is 2.62. The maximum atomic E-state index is 11.6. The molecule has 1 rings (SSSR count). The molecule has 0 radical (unpaired) electrons. The second-order valence-electron chi connectivity index (χ2n) is 4.15. The maximum absolute atomic E-state index is 11.6. The van der Waals surface area contributed by atoms with E-state index in [1.807, 2.05) is 0 Å². The van der Waals surface area contributed by atoms with Gasteiger partial charge in [-0.05, 0) is 32.2 Å². The zero-order valence-electron chi connectivity index (χ0n) is 8.92. The van der Waals surface area contributed by atoms with Crippen molar-refractivity contribution in [3.8, 4) is 0 Å². The normalized spacial score (nSPS) is 29.6. The van der Waals surface area contributed by atoms with E-state index < -0.39 is 6.10 Å². The van der Waals surface area contributed by atoms with E-state index in [-0.39, 0.29) is 11.9 Å². The SMILES string of the molecule is CC1CCCNC1C(=O)NC[C@@H](C)O. The lowest BCUT2D eigenvalue weighted by Crippen LogP contribution is -2.51. The van der Waals surface area contributed by atoms with Crippen LogP contribution in [0.3, 0.4) is 0 Å². The molecule has 1 saturated heterocycles. The van der Waals surface area contributed by atoms with Gasteiger partial charge in [0.2, 0.25) is 5.91 Å². The molecule has 0 aliphatic carbocycles. The molecule has 3 N–H and O–H groups in total.